The fourth-order valence-electron chi connectivity index (χ4n) is 3.28. The van der Waals surface area contributed by atoms with E-state index in [4.69, 9.17) is 17.8 Å². The van der Waals surface area contributed by atoms with Gasteiger partial charge in [-0.05, 0) is 38.1 Å². The number of ether oxygens (including phenoxy) is 2. The van der Waals surface area contributed by atoms with Crippen LogP contribution in [-0.4, -0.2) is 71.5 Å². The molecule has 0 saturated carbocycles. The summed E-state index contributed by atoms with van der Waals surface area (Å²) in [6.45, 7) is 2.73. The lowest BCUT2D eigenvalue weighted by atomic mass is 10.1. The first-order valence-electron chi connectivity index (χ1n) is 9.95. The maximum atomic E-state index is 12.7. The van der Waals surface area contributed by atoms with Crippen LogP contribution in [0.3, 0.4) is 0 Å². The molecule has 1 aliphatic heterocycles. The summed E-state index contributed by atoms with van der Waals surface area (Å²) in [6.07, 6.45) is -7.62. The first kappa shape index (κ1) is 25.7. The van der Waals surface area contributed by atoms with Crippen LogP contribution in [0.25, 0.3) is 0 Å². The molecular formula is C21H26O10S2. The lowest BCUT2D eigenvalue weighted by Crippen LogP contribution is -2.44. The van der Waals surface area contributed by atoms with E-state index in [1.54, 1.807) is 38.1 Å². The van der Waals surface area contributed by atoms with Crippen molar-refractivity contribution >= 4 is 20.2 Å². The minimum atomic E-state index is -4.32. The zero-order valence-electron chi connectivity index (χ0n) is 18.2. The van der Waals surface area contributed by atoms with Gasteiger partial charge in [-0.15, -0.1) is 0 Å². The Morgan fingerprint density at radius 1 is 0.909 bits per heavy atom. The number of aliphatic hydroxyl groups excluding tert-OH is 2. The van der Waals surface area contributed by atoms with Gasteiger partial charge in [0.05, 0.1) is 16.4 Å². The molecular weight excluding hydrogens is 476 g/mol. The number of methoxy groups -OCH3 is 1. The van der Waals surface area contributed by atoms with E-state index >= 15 is 0 Å². The molecule has 1 saturated heterocycles. The van der Waals surface area contributed by atoms with E-state index in [1.165, 1.54) is 31.4 Å². The quantitative estimate of drug-likeness (QED) is 0.474. The lowest BCUT2D eigenvalue weighted by Gasteiger charge is -2.24. The van der Waals surface area contributed by atoms with Crippen molar-refractivity contribution in [3.8, 4) is 0 Å². The van der Waals surface area contributed by atoms with Crippen molar-refractivity contribution in [3.63, 3.8) is 0 Å². The van der Waals surface area contributed by atoms with Crippen molar-refractivity contribution in [2.45, 2.75) is 54.3 Å². The monoisotopic (exact) mass is 502 g/mol. The van der Waals surface area contributed by atoms with Crippen LogP contribution in [0, 0.1) is 13.8 Å². The summed E-state index contributed by atoms with van der Waals surface area (Å²) in [7, 11) is -7.44. The first-order chi connectivity index (χ1) is 15.5. The van der Waals surface area contributed by atoms with E-state index in [0.717, 1.165) is 11.1 Å². The SMILES string of the molecule is CO[C@@H]1O[C@H]([C@@H](CO)OS(=O)(=O)c2ccc(C)cc2)[C@H](O)[C@H]1OS(=O)(=O)c1ccc(C)cc1. The molecule has 3 rings (SSSR count). The topological polar surface area (TPSA) is 146 Å². The Morgan fingerprint density at radius 3 is 1.85 bits per heavy atom. The van der Waals surface area contributed by atoms with E-state index in [1.807, 2.05) is 0 Å². The largest absolute Gasteiger partial charge is 0.394 e. The zero-order valence-corrected chi connectivity index (χ0v) is 19.8. The predicted octanol–water partition coefficient (Wildman–Crippen LogP) is 0.876. The molecule has 12 heteroatoms. The van der Waals surface area contributed by atoms with E-state index in [2.05, 4.69) is 0 Å². The number of hydrogen-bond acceptors (Lipinski definition) is 10. The highest BCUT2D eigenvalue weighted by atomic mass is 32.2. The number of benzene rings is 2. The normalized spacial score (nSPS) is 24.6. The summed E-state index contributed by atoms with van der Waals surface area (Å²) in [4.78, 5) is -0.299. The highest BCUT2D eigenvalue weighted by Gasteiger charge is 2.51. The van der Waals surface area contributed by atoms with Gasteiger partial charge in [-0.1, -0.05) is 35.4 Å². The Bertz CT molecular complexity index is 1140. The van der Waals surface area contributed by atoms with Crippen LogP contribution < -0.4 is 0 Å². The fourth-order valence-corrected chi connectivity index (χ4v) is 5.43. The molecule has 2 aromatic rings. The first-order valence-corrected chi connectivity index (χ1v) is 12.8. The zero-order chi connectivity index (χ0) is 24.4. The van der Waals surface area contributed by atoms with Gasteiger partial charge in [0.25, 0.3) is 20.2 Å². The number of aryl methyl sites for hydroxylation is 2. The van der Waals surface area contributed by atoms with Crippen LogP contribution in [0.1, 0.15) is 11.1 Å². The third kappa shape index (κ3) is 5.78. The van der Waals surface area contributed by atoms with Crippen LogP contribution in [-0.2, 0) is 38.1 Å². The average Bonchev–Trinajstić information content (AvgIpc) is 3.07. The van der Waals surface area contributed by atoms with E-state index in [0.29, 0.717) is 0 Å². The van der Waals surface area contributed by atoms with Crippen molar-refractivity contribution in [1.29, 1.82) is 0 Å². The molecule has 1 fully saturated rings. The Hall–Kier alpha value is -1.90. The standard InChI is InChI=1S/C21H26O10S2/c1-13-4-8-15(9-5-13)32(24,25)30-17(12-22)19-18(23)20(21(28-3)29-19)31-33(26,27)16-10-6-14(2)7-11-16/h4-11,17-23H,12H2,1-3H3/t17-,18+,19-,20-,21-/m1/s1. The molecule has 0 aromatic heterocycles. The van der Waals surface area contributed by atoms with Crippen molar-refractivity contribution in [2.24, 2.45) is 0 Å². The molecule has 2 aromatic carbocycles. The summed E-state index contributed by atoms with van der Waals surface area (Å²) < 4.78 is 71.4. The van der Waals surface area contributed by atoms with Crippen molar-refractivity contribution in [3.05, 3.63) is 59.7 Å². The van der Waals surface area contributed by atoms with Gasteiger partial charge in [-0.3, -0.25) is 8.37 Å². The molecule has 33 heavy (non-hydrogen) atoms. The Labute approximate surface area is 192 Å². The summed E-state index contributed by atoms with van der Waals surface area (Å²) in [5.74, 6) is 0. The molecule has 1 aliphatic rings. The van der Waals surface area contributed by atoms with Gasteiger partial charge < -0.3 is 19.7 Å². The Morgan fingerprint density at radius 2 is 1.39 bits per heavy atom. The average molecular weight is 503 g/mol. The van der Waals surface area contributed by atoms with Crippen molar-refractivity contribution in [2.75, 3.05) is 13.7 Å². The van der Waals surface area contributed by atoms with Crippen LogP contribution in [0.2, 0.25) is 0 Å². The number of hydrogen-bond donors (Lipinski definition) is 2. The second-order valence-electron chi connectivity index (χ2n) is 7.61. The second-order valence-corrected chi connectivity index (χ2v) is 10.8. The van der Waals surface area contributed by atoms with Crippen LogP contribution in [0.15, 0.2) is 58.3 Å². The minimum Gasteiger partial charge on any atom is -0.394 e. The van der Waals surface area contributed by atoms with Crippen LogP contribution in [0.5, 0.6) is 0 Å². The summed E-state index contributed by atoms with van der Waals surface area (Å²) in [6, 6.07) is 11.7. The van der Waals surface area contributed by atoms with Gasteiger partial charge in [0.1, 0.15) is 18.3 Å². The van der Waals surface area contributed by atoms with Crippen molar-refractivity contribution < 1.29 is 44.9 Å². The maximum absolute atomic E-state index is 12.7. The summed E-state index contributed by atoms with van der Waals surface area (Å²) in [5.41, 5.74) is 1.67. The van der Waals surface area contributed by atoms with E-state index < -0.39 is 57.5 Å². The molecule has 2 N–H and O–H groups in total. The molecule has 0 bridgehead atoms. The van der Waals surface area contributed by atoms with Gasteiger partial charge in [-0.2, -0.15) is 16.8 Å². The molecule has 0 spiro atoms. The molecule has 0 amide bonds. The van der Waals surface area contributed by atoms with Gasteiger partial charge >= 0.3 is 0 Å². The highest BCUT2D eigenvalue weighted by Crippen LogP contribution is 2.31. The molecule has 0 unspecified atom stereocenters. The van der Waals surface area contributed by atoms with E-state index in [9.17, 15) is 27.0 Å². The van der Waals surface area contributed by atoms with Gasteiger partial charge in [0, 0.05) is 7.11 Å². The van der Waals surface area contributed by atoms with E-state index in [-0.39, 0.29) is 9.79 Å². The number of aliphatic hydroxyl groups is 2. The molecule has 10 nitrogen and oxygen atoms in total. The Balaban J connectivity index is 1.81. The minimum absolute atomic E-state index is 0.143. The molecule has 1 heterocycles. The maximum Gasteiger partial charge on any atom is 0.297 e. The molecule has 0 radical (unpaired) electrons. The van der Waals surface area contributed by atoms with Gasteiger partial charge in [0.15, 0.2) is 12.4 Å². The van der Waals surface area contributed by atoms with Crippen LogP contribution in [0.4, 0.5) is 0 Å². The van der Waals surface area contributed by atoms with Gasteiger partial charge in [0.2, 0.25) is 0 Å². The summed E-state index contributed by atoms with van der Waals surface area (Å²) >= 11 is 0. The Kier molecular flexibility index (Phi) is 7.91. The summed E-state index contributed by atoms with van der Waals surface area (Å²) in [5, 5.41) is 20.5. The van der Waals surface area contributed by atoms with Crippen molar-refractivity contribution in [1.82, 2.24) is 0 Å². The second kappa shape index (κ2) is 10.2. The molecule has 5 atom stereocenters. The lowest BCUT2D eigenvalue weighted by molar-refractivity contribution is -0.159. The highest BCUT2D eigenvalue weighted by molar-refractivity contribution is 7.87. The smallest absolute Gasteiger partial charge is 0.297 e. The molecule has 182 valence electrons. The van der Waals surface area contributed by atoms with Gasteiger partial charge in [-0.25, -0.2) is 0 Å². The molecule has 0 aliphatic carbocycles. The van der Waals surface area contributed by atoms with Crippen LogP contribution >= 0.6 is 0 Å². The predicted molar refractivity (Wildman–Crippen MR) is 115 cm³/mol. The fraction of sp³-hybridized carbons (Fsp3) is 0.429. The third-order valence-corrected chi connectivity index (χ3v) is 7.79. The third-order valence-electron chi connectivity index (χ3n) is 5.12. The number of rotatable bonds is 9.